The standard InChI is InChI=1S/C20H23F2N5O/c1-28-16-4-2-14(3-5-16)20(21,22)12-27-10-7-15(8-11-27)26-19-17-6-9-23-18(17)24-13-25-19/h2-6,9,13,15H,7-8,10-12H2,1H3,(H2,23,24,25,26). The van der Waals surface area contributed by atoms with Crippen LogP contribution < -0.4 is 10.1 Å². The number of aromatic nitrogens is 3. The number of H-pyrrole nitrogens is 1. The zero-order chi connectivity index (χ0) is 19.6. The van der Waals surface area contributed by atoms with E-state index >= 15 is 0 Å². The molecule has 0 amide bonds. The Morgan fingerprint density at radius 1 is 1.18 bits per heavy atom. The Hall–Kier alpha value is -2.74. The van der Waals surface area contributed by atoms with Crippen molar-refractivity contribution in [3.05, 3.63) is 48.4 Å². The molecule has 2 N–H and O–H groups in total. The van der Waals surface area contributed by atoms with Gasteiger partial charge < -0.3 is 15.0 Å². The number of rotatable bonds is 6. The second-order valence-corrected chi connectivity index (χ2v) is 7.09. The first-order chi connectivity index (χ1) is 13.5. The fourth-order valence-corrected chi connectivity index (χ4v) is 3.62. The van der Waals surface area contributed by atoms with Gasteiger partial charge in [-0.3, -0.25) is 4.90 Å². The lowest BCUT2D eigenvalue weighted by molar-refractivity contribution is -0.0421. The molecule has 0 aliphatic carbocycles. The number of piperidine rings is 1. The molecule has 3 heterocycles. The molecule has 1 aliphatic rings. The maximum absolute atomic E-state index is 14.6. The molecule has 28 heavy (non-hydrogen) atoms. The molecule has 1 aromatic carbocycles. The highest BCUT2D eigenvalue weighted by molar-refractivity contribution is 5.86. The number of fused-ring (bicyclic) bond motifs is 1. The van der Waals surface area contributed by atoms with E-state index in [1.54, 1.807) is 12.1 Å². The fourth-order valence-electron chi connectivity index (χ4n) is 3.62. The highest BCUT2D eigenvalue weighted by Gasteiger charge is 2.35. The van der Waals surface area contributed by atoms with Gasteiger partial charge in [-0.2, -0.15) is 8.78 Å². The molecule has 1 fully saturated rings. The molecule has 0 unspecified atom stereocenters. The molecular weight excluding hydrogens is 364 g/mol. The molecule has 0 spiro atoms. The molecule has 4 rings (SSSR count). The van der Waals surface area contributed by atoms with Gasteiger partial charge in [0, 0.05) is 30.9 Å². The Balaban J connectivity index is 1.34. The van der Waals surface area contributed by atoms with E-state index in [0.717, 1.165) is 29.7 Å². The Kier molecular flexibility index (Phi) is 5.13. The van der Waals surface area contributed by atoms with Crippen LogP contribution in [0.5, 0.6) is 5.75 Å². The predicted octanol–water partition coefficient (Wildman–Crippen LogP) is 3.63. The highest BCUT2D eigenvalue weighted by Crippen LogP contribution is 2.31. The normalized spacial score (nSPS) is 16.4. The van der Waals surface area contributed by atoms with Crippen molar-refractivity contribution in [2.45, 2.75) is 24.8 Å². The summed E-state index contributed by atoms with van der Waals surface area (Å²) >= 11 is 0. The van der Waals surface area contributed by atoms with E-state index in [9.17, 15) is 8.78 Å². The monoisotopic (exact) mass is 387 g/mol. The first kappa shape index (κ1) is 18.6. The van der Waals surface area contributed by atoms with Crippen LogP contribution in [0.25, 0.3) is 11.0 Å². The van der Waals surface area contributed by atoms with Gasteiger partial charge in [0.2, 0.25) is 0 Å². The maximum Gasteiger partial charge on any atom is 0.285 e. The van der Waals surface area contributed by atoms with Crippen LogP contribution in [-0.4, -0.2) is 52.6 Å². The molecule has 8 heteroatoms. The summed E-state index contributed by atoms with van der Waals surface area (Å²) in [5.74, 6) is -1.53. The van der Waals surface area contributed by atoms with Gasteiger partial charge in [0.05, 0.1) is 19.0 Å². The minimum absolute atomic E-state index is 0.0179. The van der Waals surface area contributed by atoms with Crippen LogP contribution in [0, 0.1) is 0 Å². The summed E-state index contributed by atoms with van der Waals surface area (Å²) in [7, 11) is 1.52. The topological polar surface area (TPSA) is 66.1 Å². The summed E-state index contributed by atoms with van der Waals surface area (Å²) < 4.78 is 34.3. The van der Waals surface area contributed by atoms with Crippen LogP contribution in [-0.2, 0) is 5.92 Å². The van der Waals surface area contributed by atoms with E-state index in [0.29, 0.717) is 18.8 Å². The molecule has 0 atom stereocenters. The minimum atomic E-state index is -2.89. The third-order valence-corrected chi connectivity index (χ3v) is 5.22. The van der Waals surface area contributed by atoms with Crippen LogP contribution in [0.4, 0.5) is 14.6 Å². The van der Waals surface area contributed by atoms with Crippen molar-refractivity contribution in [1.29, 1.82) is 0 Å². The number of aromatic amines is 1. The van der Waals surface area contributed by atoms with E-state index in [1.165, 1.54) is 25.6 Å². The molecule has 0 bridgehead atoms. The van der Waals surface area contributed by atoms with E-state index < -0.39 is 5.92 Å². The van der Waals surface area contributed by atoms with Crippen LogP contribution in [0.3, 0.4) is 0 Å². The van der Waals surface area contributed by atoms with Crippen LogP contribution >= 0.6 is 0 Å². The molecule has 0 saturated carbocycles. The van der Waals surface area contributed by atoms with Gasteiger partial charge in [-0.25, -0.2) is 9.97 Å². The van der Waals surface area contributed by atoms with Gasteiger partial charge in [-0.05, 0) is 43.2 Å². The Morgan fingerprint density at radius 2 is 1.93 bits per heavy atom. The maximum atomic E-state index is 14.6. The van der Waals surface area contributed by atoms with Crippen molar-refractivity contribution < 1.29 is 13.5 Å². The summed E-state index contributed by atoms with van der Waals surface area (Å²) in [5.41, 5.74) is 0.804. The van der Waals surface area contributed by atoms with Crippen molar-refractivity contribution in [2.75, 3.05) is 32.1 Å². The number of halogens is 2. The second-order valence-electron chi connectivity index (χ2n) is 7.09. The van der Waals surface area contributed by atoms with Crippen LogP contribution in [0.15, 0.2) is 42.9 Å². The molecule has 1 saturated heterocycles. The number of likely N-dealkylation sites (tertiary alicyclic amines) is 1. The first-order valence-corrected chi connectivity index (χ1v) is 9.34. The number of benzene rings is 1. The molecule has 0 radical (unpaired) electrons. The smallest absolute Gasteiger partial charge is 0.285 e. The Labute approximate surface area is 161 Å². The summed E-state index contributed by atoms with van der Waals surface area (Å²) in [6, 6.07) is 8.15. The number of nitrogens with one attached hydrogen (secondary N) is 2. The number of nitrogens with zero attached hydrogens (tertiary/aromatic N) is 3. The van der Waals surface area contributed by atoms with Crippen molar-refractivity contribution in [2.24, 2.45) is 0 Å². The SMILES string of the molecule is COc1ccc(C(F)(F)CN2CCC(Nc3ncnc4[nH]ccc34)CC2)cc1. The third kappa shape index (κ3) is 3.91. The predicted molar refractivity (Wildman–Crippen MR) is 104 cm³/mol. The van der Waals surface area contributed by atoms with E-state index in [4.69, 9.17) is 4.74 Å². The van der Waals surface area contributed by atoms with Crippen LogP contribution in [0.2, 0.25) is 0 Å². The highest BCUT2D eigenvalue weighted by atomic mass is 19.3. The molecule has 6 nitrogen and oxygen atoms in total. The summed E-state index contributed by atoms with van der Waals surface area (Å²) in [6.07, 6.45) is 4.92. The quantitative estimate of drug-likeness (QED) is 0.676. The van der Waals surface area contributed by atoms with Crippen molar-refractivity contribution in [3.63, 3.8) is 0 Å². The molecule has 3 aromatic rings. The van der Waals surface area contributed by atoms with Gasteiger partial charge >= 0.3 is 0 Å². The zero-order valence-electron chi connectivity index (χ0n) is 15.7. The Morgan fingerprint density at radius 3 is 2.64 bits per heavy atom. The summed E-state index contributed by atoms with van der Waals surface area (Å²) in [6.45, 7) is 0.956. The molecule has 148 valence electrons. The van der Waals surface area contributed by atoms with E-state index in [2.05, 4.69) is 20.3 Å². The van der Waals surface area contributed by atoms with E-state index in [1.807, 2.05) is 17.2 Å². The largest absolute Gasteiger partial charge is 0.497 e. The minimum Gasteiger partial charge on any atom is -0.497 e. The lowest BCUT2D eigenvalue weighted by atomic mass is 10.0. The third-order valence-electron chi connectivity index (χ3n) is 5.22. The number of ether oxygens (including phenoxy) is 1. The van der Waals surface area contributed by atoms with Gasteiger partial charge in [0.1, 0.15) is 23.5 Å². The van der Waals surface area contributed by atoms with Gasteiger partial charge in [-0.1, -0.05) is 0 Å². The fraction of sp³-hybridized carbons (Fsp3) is 0.400. The number of anilines is 1. The average Bonchev–Trinajstić information content (AvgIpc) is 3.19. The summed E-state index contributed by atoms with van der Waals surface area (Å²) in [4.78, 5) is 13.4. The molecular formula is C20H23F2N5O. The van der Waals surface area contributed by atoms with Crippen molar-refractivity contribution >= 4 is 16.9 Å². The second kappa shape index (κ2) is 7.71. The van der Waals surface area contributed by atoms with Crippen LogP contribution in [0.1, 0.15) is 18.4 Å². The number of alkyl halides is 2. The molecule has 2 aromatic heterocycles. The van der Waals surface area contributed by atoms with Gasteiger partial charge in [0.25, 0.3) is 5.92 Å². The zero-order valence-corrected chi connectivity index (χ0v) is 15.7. The van der Waals surface area contributed by atoms with Crippen molar-refractivity contribution in [1.82, 2.24) is 19.9 Å². The van der Waals surface area contributed by atoms with Gasteiger partial charge in [0.15, 0.2) is 0 Å². The van der Waals surface area contributed by atoms with Crippen molar-refractivity contribution in [3.8, 4) is 5.75 Å². The summed E-state index contributed by atoms with van der Waals surface area (Å²) in [5, 5.41) is 4.38. The van der Waals surface area contributed by atoms with E-state index in [-0.39, 0.29) is 18.2 Å². The first-order valence-electron chi connectivity index (χ1n) is 9.34. The molecule has 1 aliphatic heterocycles. The average molecular weight is 387 g/mol. The Bertz CT molecular complexity index is 920. The number of hydrogen-bond donors (Lipinski definition) is 2. The number of methoxy groups -OCH3 is 1. The van der Waals surface area contributed by atoms with Gasteiger partial charge in [-0.15, -0.1) is 0 Å². The number of hydrogen-bond acceptors (Lipinski definition) is 5. The lowest BCUT2D eigenvalue weighted by Crippen LogP contribution is -2.43. The lowest BCUT2D eigenvalue weighted by Gasteiger charge is -2.34.